The lowest BCUT2D eigenvalue weighted by Gasteiger charge is -2.18. The zero-order valence-electron chi connectivity index (χ0n) is 12.6. The summed E-state index contributed by atoms with van der Waals surface area (Å²) in [6.07, 6.45) is 2.64. The molecule has 0 radical (unpaired) electrons. The summed E-state index contributed by atoms with van der Waals surface area (Å²) in [4.78, 5) is 4.24. The Balaban J connectivity index is 1.87. The van der Waals surface area contributed by atoms with E-state index in [2.05, 4.69) is 30.2 Å². The van der Waals surface area contributed by atoms with E-state index in [1.165, 1.54) is 5.56 Å². The molecular weight excluding hydrogens is 264 g/mol. The summed E-state index contributed by atoms with van der Waals surface area (Å²) in [7, 11) is 0. The molecule has 0 aliphatic carbocycles. The number of anilines is 1. The topological polar surface area (TPSA) is 43.4 Å². The highest BCUT2D eigenvalue weighted by atomic mass is 16.5. The quantitative estimate of drug-likeness (QED) is 0.921. The van der Waals surface area contributed by atoms with Crippen molar-refractivity contribution in [3.05, 3.63) is 42.1 Å². The maximum atomic E-state index is 6.02. The van der Waals surface area contributed by atoms with E-state index in [9.17, 15) is 0 Å². The van der Waals surface area contributed by atoms with Gasteiger partial charge in [-0.3, -0.25) is 0 Å². The number of hydrogen-bond acceptors (Lipinski definition) is 4. The van der Waals surface area contributed by atoms with Crippen LogP contribution >= 0.6 is 0 Å². The van der Waals surface area contributed by atoms with Crippen molar-refractivity contribution in [2.45, 2.75) is 32.8 Å². The van der Waals surface area contributed by atoms with Crippen LogP contribution in [0.25, 0.3) is 0 Å². The molecule has 0 bridgehead atoms. The number of aromatic nitrogens is 1. The van der Waals surface area contributed by atoms with Gasteiger partial charge in [0.1, 0.15) is 17.2 Å². The van der Waals surface area contributed by atoms with Crippen molar-refractivity contribution >= 4 is 5.82 Å². The fraction of sp³-hybridized carbons (Fsp3) is 0.353. The van der Waals surface area contributed by atoms with Crippen molar-refractivity contribution < 1.29 is 9.47 Å². The molecule has 0 saturated heterocycles. The summed E-state index contributed by atoms with van der Waals surface area (Å²) in [5.74, 6) is 3.17. The fourth-order valence-corrected chi connectivity index (χ4v) is 2.55. The molecule has 110 valence electrons. The first-order chi connectivity index (χ1) is 10.1. The smallest absolute Gasteiger partial charge is 0.169 e. The molecule has 0 spiro atoms. The van der Waals surface area contributed by atoms with Crippen LogP contribution in [0.3, 0.4) is 0 Å². The second-order valence-corrected chi connectivity index (χ2v) is 5.79. The first kappa shape index (κ1) is 13.7. The Morgan fingerprint density at radius 1 is 1.33 bits per heavy atom. The molecule has 0 fully saturated rings. The lowest BCUT2D eigenvalue weighted by Crippen LogP contribution is -2.24. The second-order valence-electron chi connectivity index (χ2n) is 5.79. The Labute approximate surface area is 125 Å². The Morgan fingerprint density at radius 2 is 2.19 bits per heavy atom. The Bertz CT molecular complexity index is 653. The van der Waals surface area contributed by atoms with Crippen LogP contribution in [0.4, 0.5) is 5.82 Å². The molecule has 4 heteroatoms. The summed E-state index contributed by atoms with van der Waals surface area (Å²) in [6, 6.07) is 9.77. The van der Waals surface area contributed by atoms with Crippen molar-refractivity contribution in [2.75, 3.05) is 11.9 Å². The summed E-state index contributed by atoms with van der Waals surface area (Å²) in [5, 5.41) is 3.18. The number of benzene rings is 1. The minimum absolute atomic E-state index is 0.172. The largest absolute Gasteiger partial charge is 0.483 e. The zero-order valence-corrected chi connectivity index (χ0v) is 12.6. The molecule has 1 aromatic heterocycles. The van der Waals surface area contributed by atoms with Crippen molar-refractivity contribution in [2.24, 2.45) is 0 Å². The number of hydrogen-bond donors (Lipinski definition) is 1. The standard InChI is InChI=1S/C17H20N2O2/c1-4-18-15-10-13(8-9-19-15)20-14-7-5-6-12-11-17(2,3)21-16(12)14/h5-10H,4,11H2,1-3H3,(H,18,19). The molecule has 0 atom stereocenters. The maximum absolute atomic E-state index is 6.02. The molecule has 3 rings (SSSR count). The predicted octanol–water partition coefficient (Wildman–Crippen LogP) is 4.02. The Morgan fingerprint density at radius 3 is 3.00 bits per heavy atom. The van der Waals surface area contributed by atoms with Crippen LogP contribution < -0.4 is 14.8 Å². The maximum Gasteiger partial charge on any atom is 0.169 e. The van der Waals surface area contributed by atoms with E-state index in [1.54, 1.807) is 6.20 Å². The molecule has 0 amide bonds. The molecule has 0 unspecified atom stereocenters. The number of pyridine rings is 1. The number of fused-ring (bicyclic) bond motifs is 1. The van der Waals surface area contributed by atoms with Crippen LogP contribution in [0.2, 0.25) is 0 Å². The summed E-state index contributed by atoms with van der Waals surface area (Å²) >= 11 is 0. The van der Waals surface area contributed by atoms with Crippen molar-refractivity contribution in [3.8, 4) is 17.2 Å². The Hall–Kier alpha value is -2.23. The number of rotatable bonds is 4. The van der Waals surface area contributed by atoms with Crippen LogP contribution in [0.1, 0.15) is 26.3 Å². The number of nitrogens with zero attached hydrogens (tertiary/aromatic N) is 1. The van der Waals surface area contributed by atoms with Gasteiger partial charge in [-0.25, -0.2) is 4.98 Å². The van der Waals surface area contributed by atoms with Crippen molar-refractivity contribution in [1.82, 2.24) is 4.98 Å². The van der Waals surface area contributed by atoms with E-state index < -0.39 is 0 Å². The zero-order chi connectivity index (χ0) is 14.9. The van der Waals surface area contributed by atoms with Crippen molar-refractivity contribution in [1.29, 1.82) is 0 Å². The van der Waals surface area contributed by atoms with Gasteiger partial charge >= 0.3 is 0 Å². The number of para-hydroxylation sites is 1. The second kappa shape index (κ2) is 5.28. The van der Waals surface area contributed by atoms with E-state index in [4.69, 9.17) is 9.47 Å². The Kier molecular flexibility index (Phi) is 3.45. The van der Waals surface area contributed by atoms with E-state index in [0.29, 0.717) is 0 Å². The van der Waals surface area contributed by atoms with Crippen LogP contribution in [-0.2, 0) is 6.42 Å². The third-order valence-electron chi connectivity index (χ3n) is 3.37. The van der Waals surface area contributed by atoms with Crippen LogP contribution in [-0.4, -0.2) is 17.1 Å². The van der Waals surface area contributed by atoms with Gasteiger partial charge in [0.05, 0.1) is 0 Å². The molecule has 4 nitrogen and oxygen atoms in total. The normalized spacial score (nSPS) is 15.2. The minimum Gasteiger partial charge on any atom is -0.483 e. The third kappa shape index (κ3) is 2.94. The van der Waals surface area contributed by atoms with Gasteiger partial charge in [0, 0.05) is 30.8 Å². The molecule has 21 heavy (non-hydrogen) atoms. The lowest BCUT2D eigenvalue weighted by molar-refractivity contribution is 0.135. The van der Waals surface area contributed by atoms with Crippen LogP contribution in [0, 0.1) is 0 Å². The van der Waals surface area contributed by atoms with E-state index in [1.807, 2.05) is 31.2 Å². The highest BCUT2D eigenvalue weighted by Gasteiger charge is 2.32. The van der Waals surface area contributed by atoms with Gasteiger partial charge in [0.2, 0.25) is 0 Å². The van der Waals surface area contributed by atoms with Gasteiger partial charge in [-0.2, -0.15) is 0 Å². The van der Waals surface area contributed by atoms with E-state index >= 15 is 0 Å². The van der Waals surface area contributed by atoms with E-state index in [-0.39, 0.29) is 5.60 Å². The fourth-order valence-electron chi connectivity index (χ4n) is 2.55. The average Bonchev–Trinajstić information content (AvgIpc) is 2.75. The summed E-state index contributed by atoms with van der Waals surface area (Å²) in [5.41, 5.74) is 1.02. The molecule has 1 aromatic carbocycles. The summed E-state index contributed by atoms with van der Waals surface area (Å²) < 4.78 is 12.0. The molecule has 1 aliphatic rings. The van der Waals surface area contributed by atoms with Gasteiger partial charge in [-0.05, 0) is 32.9 Å². The van der Waals surface area contributed by atoms with E-state index in [0.717, 1.165) is 36.0 Å². The van der Waals surface area contributed by atoms with Gasteiger partial charge in [0.15, 0.2) is 11.5 Å². The summed E-state index contributed by atoms with van der Waals surface area (Å²) in [6.45, 7) is 7.04. The third-order valence-corrected chi connectivity index (χ3v) is 3.37. The van der Waals surface area contributed by atoms with Gasteiger partial charge in [0.25, 0.3) is 0 Å². The molecule has 1 aliphatic heterocycles. The minimum atomic E-state index is -0.172. The lowest BCUT2D eigenvalue weighted by atomic mass is 10.0. The first-order valence-corrected chi connectivity index (χ1v) is 7.26. The number of nitrogens with one attached hydrogen (secondary N) is 1. The average molecular weight is 284 g/mol. The van der Waals surface area contributed by atoms with Crippen LogP contribution in [0.5, 0.6) is 17.2 Å². The molecule has 1 N–H and O–H groups in total. The molecule has 2 aromatic rings. The van der Waals surface area contributed by atoms with Gasteiger partial charge < -0.3 is 14.8 Å². The number of ether oxygens (including phenoxy) is 2. The highest BCUT2D eigenvalue weighted by Crippen LogP contribution is 2.43. The van der Waals surface area contributed by atoms with Gasteiger partial charge in [-0.1, -0.05) is 12.1 Å². The monoisotopic (exact) mass is 284 g/mol. The highest BCUT2D eigenvalue weighted by molar-refractivity contribution is 5.52. The molecular formula is C17H20N2O2. The van der Waals surface area contributed by atoms with Gasteiger partial charge in [-0.15, -0.1) is 0 Å². The first-order valence-electron chi connectivity index (χ1n) is 7.26. The SMILES string of the molecule is CCNc1cc(Oc2cccc3c2OC(C)(C)C3)ccn1. The molecule has 2 heterocycles. The molecule has 0 saturated carbocycles. The predicted molar refractivity (Wildman–Crippen MR) is 83.3 cm³/mol. The van der Waals surface area contributed by atoms with Crippen LogP contribution in [0.15, 0.2) is 36.5 Å². The van der Waals surface area contributed by atoms with Crippen molar-refractivity contribution in [3.63, 3.8) is 0 Å².